The van der Waals surface area contributed by atoms with E-state index in [4.69, 9.17) is 9.47 Å². The second-order valence-electron chi connectivity index (χ2n) is 6.57. The van der Waals surface area contributed by atoms with Gasteiger partial charge in [-0.2, -0.15) is 0 Å². The first-order valence-corrected chi connectivity index (χ1v) is 9.53. The summed E-state index contributed by atoms with van der Waals surface area (Å²) in [6.45, 7) is 9.80. The number of hydrogen-bond donors (Lipinski definition) is 1. The van der Waals surface area contributed by atoms with E-state index in [0.29, 0.717) is 6.10 Å². The summed E-state index contributed by atoms with van der Waals surface area (Å²) in [6.07, 6.45) is 6.43. The number of rotatable bonds is 11. The number of methoxy groups -OCH3 is 1. The average molecular weight is 335 g/mol. The lowest BCUT2D eigenvalue weighted by molar-refractivity contribution is 0.200. The minimum atomic E-state index is 0.358. The van der Waals surface area contributed by atoms with E-state index in [1.807, 2.05) is 6.07 Å². The van der Waals surface area contributed by atoms with Gasteiger partial charge in [-0.05, 0) is 76.0 Å². The lowest BCUT2D eigenvalue weighted by atomic mass is 10.2. The van der Waals surface area contributed by atoms with Gasteiger partial charge >= 0.3 is 0 Å². The fourth-order valence-electron chi connectivity index (χ4n) is 3.31. The monoisotopic (exact) mass is 334 g/mol. The van der Waals surface area contributed by atoms with Gasteiger partial charge in [-0.25, -0.2) is 0 Å². The second-order valence-corrected chi connectivity index (χ2v) is 6.57. The van der Waals surface area contributed by atoms with Crippen LogP contribution in [0.2, 0.25) is 0 Å². The van der Waals surface area contributed by atoms with Gasteiger partial charge in [-0.1, -0.05) is 19.9 Å². The van der Waals surface area contributed by atoms with Crippen molar-refractivity contribution in [3.8, 4) is 11.5 Å². The highest BCUT2D eigenvalue weighted by Crippen LogP contribution is 2.32. The molecule has 0 bridgehead atoms. The average Bonchev–Trinajstić information content (AvgIpc) is 3.11. The minimum absolute atomic E-state index is 0.358. The SMILES string of the molecule is CCN(CC)CCCNCc1ccc(OC)c(OC2CCCC2)c1. The fourth-order valence-corrected chi connectivity index (χ4v) is 3.31. The summed E-state index contributed by atoms with van der Waals surface area (Å²) in [7, 11) is 1.71. The van der Waals surface area contributed by atoms with E-state index in [0.717, 1.165) is 50.5 Å². The van der Waals surface area contributed by atoms with Crippen molar-refractivity contribution in [3.63, 3.8) is 0 Å². The lowest BCUT2D eigenvalue weighted by Crippen LogP contribution is -2.27. The molecule has 24 heavy (non-hydrogen) atoms. The molecule has 0 saturated heterocycles. The van der Waals surface area contributed by atoms with Gasteiger partial charge < -0.3 is 19.7 Å². The molecule has 136 valence electrons. The molecule has 0 amide bonds. The van der Waals surface area contributed by atoms with Gasteiger partial charge in [-0.3, -0.25) is 0 Å². The summed E-state index contributed by atoms with van der Waals surface area (Å²) in [4.78, 5) is 2.46. The third-order valence-corrected chi connectivity index (χ3v) is 4.88. The zero-order valence-electron chi connectivity index (χ0n) is 15.6. The van der Waals surface area contributed by atoms with Crippen LogP contribution in [0, 0.1) is 0 Å². The third-order valence-electron chi connectivity index (χ3n) is 4.88. The van der Waals surface area contributed by atoms with Crippen molar-refractivity contribution < 1.29 is 9.47 Å². The molecule has 0 aliphatic heterocycles. The van der Waals surface area contributed by atoms with E-state index < -0.39 is 0 Å². The Labute approximate surface area is 147 Å². The van der Waals surface area contributed by atoms with Crippen LogP contribution in [0.15, 0.2) is 18.2 Å². The highest BCUT2D eigenvalue weighted by Gasteiger charge is 2.18. The summed E-state index contributed by atoms with van der Waals surface area (Å²) in [5.74, 6) is 1.74. The summed E-state index contributed by atoms with van der Waals surface area (Å²) in [5, 5.41) is 3.54. The van der Waals surface area contributed by atoms with Crippen molar-refractivity contribution in [2.24, 2.45) is 0 Å². The quantitative estimate of drug-likeness (QED) is 0.624. The third kappa shape index (κ3) is 5.99. The standard InChI is InChI=1S/C20H34N2O2/c1-4-22(5-2)14-8-13-21-16-17-11-12-19(23-3)20(15-17)24-18-9-6-7-10-18/h11-12,15,18,21H,4-10,13-14,16H2,1-3H3. The van der Waals surface area contributed by atoms with Crippen LogP contribution in [0.25, 0.3) is 0 Å². The van der Waals surface area contributed by atoms with E-state index in [9.17, 15) is 0 Å². The Hall–Kier alpha value is -1.26. The van der Waals surface area contributed by atoms with Crippen molar-refractivity contribution in [3.05, 3.63) is 23.8 Å². The molecular weight excluding hydrogens is 300 g/mol. The summed E-state index contributed by atoms with van der Waals surface area (Å²) in [6, 6.07) is 6.28. The predicted molar refractivity (Wildman–Crippen MR) is 100.0 cm³/mol. The molecule has 4 nitrogen and oxygen atoms in total. The van der Waals surface area contributed by atoms with Crippen LogP contribution in [0.1, 0.15) is 51.5 Å². The number of ether oxygens (including phenoxy) is 2. The highest BCUT2D eigenvalue weighted by atomic mass is 16.5. The lowest BCUT2D eigenvalue weighted by Gasteiger charge is -2.18. The molecular formula is C20H34N2O2. The van der Waals surface area contributed by atoms with Crippen molar-refractivity contribution >= 4 is 0 Å². The molecule has 0 unspecified atom stereocenters. The van der Waals surface area contributed by atoms with Gasteiger partial charge in [0.15, 0.2) is 11.5 Å². The molecule has 0 aromatic heterocycles. The van der Waals surface area contributed by atoms with E-state index >= 15 is 0 Å². The second kappa shape index (κ2) is 10.6. The van der Waals surface area contributed by atoms with Crippen LogP contribution in [-0.4, -0.2) is 44.3 Å². The van der Waals surface area contributed by atoms with Crippen LogP contribution < -0.4 is 14.8 Å². The highest BCUT2D eigenvalue weighted by molar-refractivity contribution is 5.43. The molecule has 0 spiro atoms. The first-order chi connectivity index (χ1) is 11.8. The largest absolute Gasteiger partial charge is 0.493 e. The maximum Gasteiger partial charge on any atom is 0.161 e. The van der Waals surface area contributed by atoms with Gasteiger partial charge in [0.1, 0.15) is 0 Å². The number of hydrogen-bond acceptors (Lipinski definition) is 4. The molecule has 0 heterocycles. The van der Waals surface area contributed by atoms with Crippen LogP contribution in [0.4, 0.5) is 0 Å². The predicted octanol–water partition coefficient (Wildman–Crippen LogP) is 3.84. The molecule has 0 radical (unpaired) electrons. The topological polar surface area (TPSA) is 33.7 Å². The minimum Gasteiger partial charge on any atom is -0.493 e. The van der Waals surface area contributed by atoms with E-state index in [-0.39, 0.29) is 0 Å². The summed E-state index contributed by atoms with van der Waals surface area (Å²) in [5.41, 5.74) is 1.26. The molecule has 1 aromatic carbocycles. The molecule has 2 rings (SSSR count). The summed E-state index contributed by atoms with van der Waals surface area (Å²) >= 11 is 0. The van der Waals surface area contributed by atoms with E-state index in [1.54, 1.807) is 7.11 Å². The Balaban J connectivity index is 1.79. The maximum absolute atomic E-state index is 6.17. The molecule has 1 aromatic rings. The molecule has 1 N–H and O–H groups in total. The molecule has 0 atom stereocenters. The molecule has 4 heteroatoms. The van der Waals surface area contributed by atoms with Gasteiger partial charge in [-0.15, -0.1) is 0 Å². The Kier molecular flexibility index (Phi) is 8.40. The number of nitrogens with one attached hydrogen (secondary N) is 1. The normalized spacial score (nSPS) is 15.2. The van der Waals surface area contributed by atoms with Crippen molar-refractivity contribution in [2.45, 2.75) is 58.6 Å². The summed E-state index contributed by atoms with van der Waals surface area (Å²) < 4.78 is 11.6. The van der Waals surface area contributed by atoms with E-state index in [1.165, 1.54) is 31.4 Å². The maximum atomic E-state index is 6.17. The molecule has 1 saturated carbocycles. The Bertz CT molecular complexity index is 469. The van der Waals surface area contributed by atoms with Crippen LogP contribution in [0.5, 0.6) is 11.5 Å². The van der Waals surface area contributed by atoms with Crippen molar-refractivity contribution in [1.29, 1.82) is 0 Å². The zero-order valence-corrected chi connectivity index (χ0v) is 15.6. The zero-order chi connectivity index (χ0) is 17.2. The van der Waals surface area contributed by atoms with Gasteiger partial charge in [0.25, 0.3) is 0 Å². The Morgan fingerprint density at radius 2 is 1.88 bits per heavy atom. The van der Waals surface area contributed by atoms with Crippen LogP contribution in [0.3, 0.4) is 0 Å². The van der Waals surface area contributed by atoms with Crippen molar-refractivity contribution in [1.82, 2.24) is 10.2 Å². The number of nitrogens with zero attached hydrogens (tertiary/aromatic N) is 1. The van der Waals surface area contributed by atoms with Gasteiger partial charge in [0, 0.05) is 6.54 Å². The molecule has 1 fully saturated rings. The fraction of sp³-hybridized carbons (Fsp3) is 0.700. The smallest absolute Gasteiger partial charge is 0.161 e. The van der Waals surface area contributed by atoms with Crippen LogP contribution >= 0.6 is 0 Å². The van der Waals surface area contributed by atoms with Gasteiger partial charge in [0.2, 0.25) is 0 Å². The first-order valence-electron chi connectivity index (χ1n) is 9.53. The Morgan fingerprint density at radius 3 is 2.54 bits per heavy atom. The Morgan fingerprint density at radius 1 is 1.12 bits per heavy atom. The first kappa shape index (κ1) is 19.1. The van der Waals surface area contributed by atoms with Crippen LogP contribution in [-0.2, 0) is 6.54 Å². The van der Waals surface area contributed by atoms with Gasteiger partial charge in [0.05, 0.1) is 13.2 Å². The van der Waals surface area contributed by atoms with E-state index in [2.05, 4.69) is 36.2 Å². The van der Waals surface area contributed by atoms with Crippen molar-refractivity contribution in [2.75, 3.05) is 33.3 Å². The molecule has 1 aliphatic carbocycles. The number of benzene rings is 1. The molecule has 1 aliphatic rings.